The van der Waals surface area contributed by atoms with Gasteiger partial charge in [-0.2, -0.15) is 5.10 Å². The van der Waals surface area contributed by atoms with Crippen LogP contribution in [0.15, 0.2) is 28.9 Å². The monoisotopic (exact) mass is 361 g/mol. The first-order valence-corrected chi connectivity index (χ1v) is 7.50. The van der Waals surface area contributed by atoms with Crippen molar-refractivity contribution in [3.63, 3.8) is 0 Å². The van der Waals surface area contributed by atoms with Gasteiger partial charge in [0.2, 0.25) is 0 Å². The predicted molar refractivity (Wildman–Crippen MR) is 82.7 cm³/mol. The number of hydrogen-bond donors (Lipinski definition) is 1. The summed E-state index contributed by atoms with van der Waals surface area (Å²) in [6.07, 6.45) is 2.60. The maximum Gasteiger partial charge on any atom is 0.0837 e. The number of aryl methyl sites for hydroxylation is 1. The highest BCUT2D eigenvalue weighted by atomic mass is 79.9. The smallest absolute Gasteiger partial charge is 0.0837 e. The zero-order valence-corrected chi connectivity index (χ0v) is 13.5. The molecule has 0 aliphatic heterocycles. The molecule has 2 rings (SSSR count). The number of benzene rings is 1. The van der Waals surface area contributed by atoms with Crippen LogP contribution in [0.3, 0.4) is 0 Å². The van der Waals surface area contributed by atoms with Gasteiger partial charge in [0.05, 0.1) is 23.0 Å². The molecule has 0 saturated heterocycles. The van der Waals surface area contributed by atoms with Gasteiger partial charge in [0, 0.05) is 16.0 Å². The van der Waals surface area contributed by atoms with Gasteiger partial charge in [-0.3, -0.25) is 4.68 Å². The number of nitrogens with zero attached hydrogens (tertiary/aromatic N) is 2. The summed E-state index contributed by atoms with van der Waals surface area (Å²) in [5.41, 5.74) is 8.02. The van der Waals surface area contributed by atoms with Crippen LogP contribution in [0, 0.1) is 0 Å². The van der Waals surface area contributed by atoms with Crippen molar-refractivity contribution in [1.29, 1.82) is 0 Å². The van der Waals surface area contributed by atoms with Gasteiger partial charge in [-0.1, -0.05) is 46.1 Å². The van der Waals surface area contributed by atoms with Crippen LogP contribution in [-0.2, 0) is 6.54 Å². The van der Waals surface area contributed by atoms with Crippen molar-refractivity contribution < 1.29 is 0 Å². The van der Waals surface area contributed by atoms with Crippen molar-refractivity contribution in [2.24, 2.45) is 5.73 Å². The molecule has 19 heavy (non-hydrogen) atoms. The Hall–Kier alpha value is -0.550. The molecule has 0 fully saturated rings. The molecule has 2 aromatic rings. The molecule has 1 heterocycles. The summed E-state index contributed by atoms with van der Waals surface area (Å²) in [7, 11) is 0. The fourth-order valence-corrected chi connectivity index (χ4v) is 3.13. The Morgan fingerprint density at radius 2 is 2.11 bits per heavy atom. The van der Waals surface area contributed by atoms with Crippen LogP contribution < -0.4 is 5.73 Å². The van der Waals surface area contributed by atoms with Crippen molar-refractivity contribution in [2.45, 2.75) is 25.9 Å². The van der Waals surface area contributed by atoms with E-state index in [1.54, 1.807) is 6.20 Å². The van der Waals surface area contributed by atoms with Crippen LogP contribution in [0.2, 0.25) is 10.0 Å². The van der Waals surface area contributed by atoms with E-state index in [1.807, 2.05) is 22.9 Å². The highest BCUT2D eigenvalue weighted by Gasteiger charge is 2.19. The van der Waals surface area contributed by atoms with Crippen LogP contribution >= 0.6 is 39.1 Å². The summed E-state index contributed by atoms with van der Waals surface area (Å²) in [5, 5.41) is 5.47. The van der Waals surface area contributed by atoms with E-state index in [-0.39, 0.29) is 6.04 Å². The standard InChI is InChI=1S/C13H14BrCl2N3/c1-2-3-19-13(11(16)7-18-19)12(17)8-4-9(14)6-10(15)5-8/h4-7,12H,2-3,17H2,1H3. The molecule has 1 aromatic heterocycles. The summed E-state index contributed by atoms with van der Waals surface area (Å²) < 4.78 is 2.74. The molecule has 1 atom stereocenters. The average molecular weight is 363 g/mol. The fourth-order valence-electron chi connectivity index (χ4n) is 1.98. The third kappa shape index (κ3) is 3.31. The Morgan fingerprint density at radius 1 is 1.37 bits per heavy atom. The van der Waals surface area contributed by atoms with Crippen LogP contribution in [0.4, 0.5) is 0 Å². The van der Waals surface area contributed by atoms with Crippen molar-refractivity contribution in [3.8, 4) is 0 Å². The molecule has 6 heteroatoms. The van der Waals surface area contributed by atoms with Crippen LogP contribution in [0.1, 0.15) is 30.6 Å². The second-order valence-corrected chi connectivity index (χ2v) is 6.04. The zero-order valence-electron chi connectivity index (χ0n) is 10.4. The minimum Gasteiger partial charge on any atom is -0.319 e. The molecule has 0 aliphatic rings. The van der Waals surface area contributed by atoms with E-state index in [1.165, 1.54) is 0 Å². The topological polar surface area (TPSA) is 43.8 Å². The molecule has 1 unspecified atom stereocenters. The largest absolute Gasteiger partial charge is 0.319 e. The third-order valence-electron chi connectivity index (χ3n) is 2.81. The van der Waals surface area contributed by atoms with Gasteiger partial charge in [-0.15, -0.1) is 0 Å². The van der Waals surface area contributed by atoms with Crippen LogP contribution in [-0.4, -0.2) is 9.78 Å². The van der Waals surface area contributed by atoms with Crippen LogP contribution in [0.5, 0.6) is 0 Å². The van der Waals surface area contributed by atoms with Crippen molar-refractivity contribution in [1.82, 2.24) is 9.78 Å². The van der Waals surface area contributed by atoms with E-state index in [0.717, 1.165) is 28.7 Å². The molecule has 0 amide bonds. The molecule has 0 radical (unpaired) electrons. The SMILES string of the molecule is CCCn1ncc(Cl)c1C(N)c1cc(Cl)cc(Br)c1. The maximum atomic E-state index is 6.31. The second-order valence-electron chi connectivity index (χ2n) is 4.28. The Bertz CT molecular complexity index is 563. The highest BCUT2D eigenvalue weighted by Crippen LogP contribution is 2.30. The molecule has 1 aromatic carbocycles. The quantitative estimate of drug-likeness (QED) is 0.875. The lowest BCUT2D eigenvalue weighted by atomic mass is 10.0. The van der Waals surface area contributed by atoms with E-state index in [2.05, 4.69) is 28.0 Å². The van der Waals surface area contributed by atoms with Gasteiger partial charge >= 0.3 is 0 Å². The van der Waals surface area contributed by atoms with Gasteiger partial charge in [-0.25, -0.2) is 0 Å². The van der Waals surface area contributed by atoms with Gasteiger partial charge in [-0.05, 0) is 30.2 Å². The van der Waals surface area contributed by atoms with Gasteiger partial charge in [0.1, 0.15) is 0 Å². The number of hydrogen-bond acceptors (Lipinski definition) is 2. The first-order chi connectivity index (χ1) is 9.02. The maximum absolute atomic E-state index is 6.31. The van der Waals surface area contributed by atoms with Crippen molar-refractivity contribution >= 4 is 39.1 Å². The number of rotatable bonds is 4. The van der Waals surface area contributed by atoms with Gasteiger partial charge in [0.15, 0.2) is 0 Å². The zero-order chi connectivity index (χ0) is 14.0. The molecule has 0 spiro atoms. The molecular formula is C13H14BrCl2N3. The summed E-state index contributed by atoms with van der Waals surface area (Å²) in [4.78, 5) is 0. The molecule has 3 nitrogen and oxygen atoms in total. The summed E-state index contributed by atoms with van der Waals surface area (Å²) in [6.45, 7) is 2.87. The fraction of sp³-hybridized carbons (Fsp3) is 0.308. The van der Waals surface area contributed by atoms with Crippen molar-refractivity contribution in [2.75, 3.05) is 0 Å². The molecule has 0 saturated carbocycles. The Balaban J connectivity index is 2.43. The van der Waals surface area contributed by atoms with Gasteiger partial charge in [0.25, 0.3) is 0 Å². The lowest BCUT2D eigenvalue weighted by molar-refractivity contribution is 0.560. The molecule has 102 valence electrons. The molecule has 0 aliphatic carbocycles. The summed E-state index contributed by atoms with van der Waals surface area (Å²) in [5.74, 6) is 0. The number of halogens is 3. The van der Waals surface area contributed by atoms with E-state index in [9.17, 15) is 0 Å². The van der Waals surface area contributed by atoms with E-state index < -0.39 is 0 Å². The molecule has 2 N–H and O–H groups in total. The predicted octanol–water partition coefficient (Wildman–Crippen LogP) is 4.41. The minimum absolute atomic E-state index is 0.350. The Kier molecular flexibility index (Phi) is 4.90. The number of nitrogens with two attached hydrogens (primary N) is 1. The summed E-state index contributed by atoms with van der Waals surface area (Å²) in [6, 6.07) is 5.26. The van der Waals surface area contributed by atoms with E-state index in [0.29, 0.717) is 10.0 Å². The normalized spacial score (nSPS) is 12.7. The third-order valence-corrected chi connectivity index (χ3v) is 3.77. The van der Waals surface area contributed by atoms with Gasteiger partial charge < -0.3 is 5.73 Å². The molecule has 0 bridgehead atoms. The highest BCUT2D eigenvalue weighted by molar-refractivity contribution is 9.10. The first-order valence-electron chi connectivity index (χ1n) is 5.95. The Morgan fingerprint density at radius 3 is 2.74 bits per heavy atom. The summed E-state index contributed by atoms with van der Waals surface area (Å²) >= 11 is 15.7. The van der Waals surface area contributed by atoms with E-state index in [4.69, 9.17) is 28.9 Å². The second kappa shape index (κ2) is 6.27. The average Bonchev–Trinajstić information content (AvgIpc) is 2.69. The van der Waals surface area contributed by atoms with E-state index >= 15 is 0 Å². The molecular weight excluding hydrogens is 349 g/mol. The number of aromatic nitrogens is 2. The lowest BCUT2D eigenvalue weighted by Crippen LogP contribution is -2.18. The van der Waals surface area contributed by atoms with Crippen LogP contribution in [0.25, 0.3) is 0 Å². The first kappa shape index (κ1) is 14.9. The van der Waals surface area contributed by atoms with Crippen molar-refractivity contribution in [3.05, 3.63) is 50.2 Å². The Labute approximate surface area is 130 Å². The lowest BCUT2D eigenvalue weighted by Gasteiger charge is -2.16. The minimum atomic E-state index is -0.350.